The van der Waals surface area contributed by atoms with Crippen LogP contribution < -0.4 is 9.64 Å². The minimum absolute atomic E-state index is 0.668. The normalized spacial score (nSPS) is 10.7. The summed E-state index contributed by atoms with van der Waals surface area (Å²) in [5.41, 5.74) is 1.93. The number of pyridine rings is 1. The number of fused-ring (bicyclic) bond motifs is 1. The number of nitrogens with zero attached hydrogens (tertiary/aromatic N) is 5. The van der Waals surface area contributed by atoms with Crippen LogP contribution in [-0.2, 0) is 6.54 Å². The molecule has 3 heterocycles. The minimum Gasteiger partial charge on any atom is -0.495 e. The topological polar surface area (TPSA) is 55.5 Å². The third kappa shape index (κ3) is 2.27. The molecule has 0 saturated carbocycles. The van der Waals surface area contributed by atoms with Crippen LogP contribution in [0.25, 0.3) is 5.52 Å². The molecule has 20 heavy (non-hydrogen) atoms. The smallest absolute Gasteiger partial charge is 0.156 e. The number of methoxy groups -OCH3 is 1. The van der Waals surface area contributed by atoms with Crippen molar-refractivity contribution in [3.8, 4) is 5.75 Å². The van der Waals surface area contributed by atoms with Crippen molar-refractivity contribution in [2.45, 2.75) is 6.54 Å². The molecule has 6 heteroatoms. The maximum atomic E-state index is 5.11. The van der Waals surface area contributed by atoms with Crippen molar-refractivity contribution < 1.29 is 4.74 Å². The summed E-state index contributed by atoms with van der Waals surface area (Å²) < 4.78 is 6.91. The van der Waals surface area contributed by atoms with Crippen LogP contribution in [0.15, 0.2) is 43.0 Å². The summed E-state index contributed by atoms with van der Waals surface area (Å²) in [6.07, 6.45) is 5.18. The van der Waals surface area contributed by atoms with E-state index in [0.29, 0.717) is 6.54 Å². The SMILES string of the molecule is COc1ccc(CN(C)c2ncnn3cccc23)nc1. The van der Waals surface area contributed by atoms with Gasteiger partial charge in [0.05, 0.1) is 25.5 Å². The van der Waals surface area contributed by atoms with Gasteiger partial charge in [-0.15, -0.1) is 0 Å². The van der Waals surface area contributed by atoms with Crippen LogP contribution in [0.3, 0.4) is 0 Å². The molecule has 0 amide bonds. The molecule has 0 spiro atoms. The Morgan fingerprint density at radius 2 is 2.15 bits per heavy atom. The van der Waals surface area contributed by atoms with E-state index in [0.717, 1.165) is 22.8 Å². The average Bonchev–Trinajstić information content (AvgIpc) is 2.96. The van der Waals surface area contributed by atoms with Crippen LogP contribution >= 0.6 is 0 Å². The van der Waals surface area contributed by atoms with E-state index in [4.69, 9.17) is 4.74 Å². The van der Waals surface area contributed by atoms with Gasteiger partial charge in [0.1, 0.15) is 17.6 Å². The first-order chi connectivity index (χ1) is 9.78. The van der Waals surface area contributed by atoms with Crippen molar-refractivity contribution in [1.82, 2.24) is 19.6 Å². The molecule has 0 aliphatic heterocycles. The number of anilines is 1. The maximum absolute atomic E-state index is 5.11. The molecule has 3 aromatic heterocycles. The summed E-state index contributed by atoms with van der Waals surface area (Å²) in [6, 6.07) is 7.80. The summed E-state index contributed by atoms with van der Waals surface area (Å²) in [5.74, 6) is 1.63. The molecule has 6 nitrogen and oxygen atoms in total. The van der Waals surface area contributed by atoms with Crippen LogP contribution in [-0.4, -0.2) is 33.7 Å². The van der Waals surface area contributed by atoms with Gasteiger partial charge < -0.3 is 9.64 Å². The number of aromatic nitrogens is 4. The average molecular weight is 269 g/mol. The fourth-order valence-corrected chi connectivity index (χ4v) is 2.09. The fraction of sp³-hybridized carbons (Fsp3) is 0.214. The Hall–Kier alpha value is -2.63. The molecule has 102 valence electrons. The van der Waals surface area contributed by atoms with Gasteiger partial charge in [-0.2, -0.15) is 5.10 Å². The second-order valence-electron chi connectivity index (χ2n) is 4.47. The first-order valence-electron chi connectivity index (χ1n) is 6.26. The van der Waals surface area contributed by atoms with Crippen LogP contribution in [0.2, 0.25) is 0 Å². The van der Waals surface area contributed by atoms with Crippen molar-refractivity contribution in [2.24, 2.45) is 0 Å². The zero-order valence-electron chi connectivity index (χ0n) is 11.4. The molecule has 3 aromatic rings. The Balaban J connectivity index is 1.84. The number of hydrogen-bond donors (Lipinski definition) is 0. The number of hydrogen-bond acceptors (Lipinski definition) is 5. The summed E-state index contributed by atoms with van der Waals surface area (Å²) in [4.78, 5) is 10.8. The zero-order chi connectivity index (χ0) is 13.9. The molecule has 0 fully saturated rings. The Bertz CT molecular complexity index is 707. The molecule has 0 radical (unpaired) electrons. The summed E-state index contributed by atoms with van der Waals surface area (Å²) >= 11 is 0. The van der Waals surface area contributed by atoms with Crippen LogP contribution in [0, 0.1) is 0 Å². The highest BCUT2D eigenvalue weighted by molar-refractivity contribution is 5.68. The molecular weight excluding hydrogens is 254 g/mol. The van der Waals surface area contributed by atoms with E-state index in [1.165, 1.54) is 0 Å². The molecule has 0 atom stereocenters. The molecule has 0 saturated heterocycles. The van der Waals surface area contributed by atoms with Crippen LogP contribution in [0.5, 0.6) is 5.75 Å². The second kappa shape index (κ2) is 5.16. The lowest BCUT2D eigenvalue weighted by molar-refractivity contribution is 0.412. The molecule has 0 N–H and O–H groups in total. The van der Waals surface area contributed by atoms with Crippen molar-refractivity contribution in [3.05, 3.63) is 48.7 Å². The molecule has 0 aliphatic rings. The second-order valence-corrected chi connectivity index (χ2v) is 4.47. The summed E-state index contributed by atoms with van der Waals surface area (Å²) in [5, 5.41) is 4.16. The van der Waals surface area contributed by atoms with Gasteiger partial charge in [-0.1, -0.05) is 0 Å². The number of ether oxygens (including phenoxy) is 1. The fourth-order valence-electron chi connectivity index (χ4n) is 2.09. The summed E-state index contributed by atoms with van der Waals surface area (Å²) in [7, 11) is 3.62. The van der Waals surface area contributed by atoms with Gasteiger partial charge in [0.2, 0.25) is 0 Å². The highest BCUT2D eigenvalue weighted by Gasteiger charge is 2.09. The Labute approximate surface area is 116 Å². The monoisotopic (exact) mass is 269 g/mol. The van der Waals surface area contributed by atoms with E-state index in [-0.39, 0.29) is 0 Å². The minimum atomic E-state index is 0.668. The quantitative estimate of drug-likeness (QED) is 0.722. The van der Waals surface area contributed by atoms with E-state index in [2.05, 4.69) is 15.1 Å². The lowest BCUT2D eigenvalue weighted by Gasteiger charge is -2.18. The van der Waals surface area contributed by atoms with E-state index in [9.17, 15) is 0 Å². The van der Waals surface area contributed by atoms with Gasteiger partial charge in [-0.05, 0) is 24.3 Å². The number of rotatable bonds is 4. The molecular formula is C14H15N5O. The van der Waals surface area contributed by atoms with Crippen molar-refractivity contribution >= 4 is 11.3 Å². The van der Waals surface area contributed by atoms with Gasteiger partial charge in [-0.25, -0.2) is 9.50 Å². The third-order valence-corrected chi connectivity index (χ3v) is 3.11. The van der Waals surface area contributed by atoms with E-state index in [1.54, 1.807) is 24.1 Å². The molecule has 0 aliphatic carbocycles. The largest absolute Gasteiger partial charge is 0.495 e. The van der Waals surface area contributed by atoms with Gasteiger partial charge in [0, 0.05) is 13.2 Å². The summed E-state index contributed by atoms with van der Waals surface area (Å²) in [6.45, 7) is 0.668. The lowest BCUT2D eigenvalue weighted by atomic mass is 10.3. The Morgan fingerprint density at radius 1 is 1.25 bits per heavy atom. The van der Waals surface area contributed by atoms with E-state index < -0.39 is 0 Å². The van der Waals surface area contributed by atoms with E-state index in [1.807, 2.05) is 42.4 Å². The van der Waals surface area contributed by atoms with Gasteiger partial charge >= 0.3 is 0 Å². The van der Waals surface area contributed by atoms with Crippen LogP contribution in [0.4, 0.5) is 5.82 Å². The molecule has 0 unspecified atom stereocenters. The lowest BCUT2D eigenvalue weighted by Crippen LogP contribution is -2.19. The van der Waals surface area contributed by atoms with Gasteiger partial charge in [0.15, 0.2) is 5.82 Å². The van der Waals surface area contributed by atoms with Crippen molar-refractivity contribution in [3.63, 3.8) is 0 Å². The van der Waals surface area contributed by atoms with Gasteiger partial charge in [-0.3, -0.25) is 4.98 Å². The highest BCUT2D eigenvalue weighted by atomic mass is 16.5. The van der Waals surface area contributed by atoms with Crippen LogP contribution in [0.1, 0.15) is 5.69 Å². The molecule has 0 aromatic carbocycles. The Morgan fingerprint density at radius 3 is 2.90 bits per heavy atom. The molecule has 0 bridgehead atoms. The maximum Gasteiger partial charge on any atom is 0.156 e. The Kier molecular flexibility index (Phi) is 3.20. The zero-order valence-corrected chi connectivity index (χ0v) is 11.4. The predicted octanol–water partition coefficient (Wildman–Crippen LogP) is 1.77. The van der Waals surface area contributed by atoms with Crippen molar-refractivity contribution in [2.75, 3.05) is 19.1 Å². The van der Waals surface area contributed by atoms with Crippen molar-refractivity contribution in [1.29, 1.82) is 0 Å². The van der Waals surface area contributed by atoms with Gasteiger partial charge in [0.25, 0.3) is 0 Å². The highest BCUT2D eigenvalue weighted by Crippen LogP contribution is 2.18. The first kappa shape index (κ1) is 12.4. The third-order valence-electron chi connectivity index (χ3n) is 3.11. The molecule has 3 rings (SSSR count). The predicted molar refractivity (Wildman–Crippen MR) is 75.9 cm³/mol. The standard InChI is InChI=1S/C14H15N5O/c1-18(9-11-5-6-12(20-2)8-15-11)14-13-4-3-7-19(13)17-10-16-14/h3-8,10H,9H2,1-2H3. The van der Waals surface area contributed by atoms with E-state index >= 15 is 0 Å². The first-order valence-corrected chi connectivity index (χ1v) is 6.26.